The number of benzene rings is 1. The van der Waals surface area contributed by atoms with E-state index in [1.165, 1.54) is 4.80 Å². The third-order valence-electron chi connectivity index (χ3n) is 4.50. The third kappa shape index (κ3) is 4.69. The summed E-state index contributed by atoms with van der Waals surface area (Å²) in [6, 6.07) is 9.01. The molecule has 0 bridgehead atoms. The Labute approximate surface area is 172 Å². The van der Waals surface area contributed by atoms with Gasteiger partial charge in [-0.15, -0.1) is 5.10 Å². The van der Waals surface area contributed by atoms with Crippen LogP contribution in [0.4, 0.5) is 0 Å². The van der Waals surface area contributed by atoms with Crippen molar-refractivity contribution in [2.24, 2.45) is 0 Å². The molecule has 0 aliphatic rings. The van der Waals surface area contributed by atoms with E-state index >= 15 is 0 Å². The Kier molecular flexibility index (Phi) is 5.51. The number of rotatable bonds is 8. The Balaban J connectivity index is 1.59. The normalized spacial score (nSPS) is 10.8. The van der Waals surface area contributed by atoms with Gasteiger partial charge in [-0.25, -0.2) is 4.68 Å². The summed E-state index contributed by atoms with van der Waals surface area (Å²) in [4.78, 5) is 31.0. The van der Waals surface area contributed by atoms with Gasteiger partial charge in [0.15, 0.2) is 11.6 Å². The van der Waals surface area contributed by atoms with Crippen molar-refractivity contribution in [2.45, 2.75) is 26.4 Å². The monoisotopic (exact) mass is 401 g/mol. The van der Waals surface area contributed by atoms with Crippen molar-refractivity contribution in [3.63, 3.8) is 0 Å². The average Bonchev–Trinajstić information content (AvgIpc) is 3.42. The molecule has 3 aromatic heterocycles. The van der Waals surface area contributed by atoms with Crippen molar-refractivity contribution in [1.29, 1.82) is 0 Å². The maximum absolute atomic E-state index is 12.9. The molecule has 0 atom stereocenters. The summed E-state index contributed by atoms with van der Waals surface area (Å²) in [7, 11) is 0. The van der Waals surface area contributed by atoms with Crippen LogP contribution in [0.15, 0.2) is 61.3 Å². The Bertz CT molecular complexity index is 1110. The molecule has 0 unspecified atom stereocenters. The number of pyridine rings is 1. The largest absolute Gasteiger partial charge is 0.294 e. The van der Waals surface area contributed by atoms with E-state index in [0.717, 1.165) is 16.7 Å². The molecule has 0 fully saturated rings. The van der Waals surface area contributed by atoms with Gasteiger partial charge in [0.25, 0.3) is 0 Å². The molecule has 0 spiro atoms. The van der Waals surface area contributed by atoms with Gasteiger partial charge in [0.05, 0.1) is 38.1 Å². The summed E-state index contributed by atoms with van der Waals surface area (Å²) in [5.41, 5.74) is 3.39. The fourth-order valence-electron chi connectivity index (χ4n) is 3.13. The Hall–Kier alpha value is -4.01. The molecular formula is C21H19N7O2. The highest BCUT2D eigenvalue weighted by Crippen LogP contribution is 2.16. The van der Waals surface area contributed by atoms with Crippen LogP contribution in [-0.4, -0.2) is 46.5 Å². The standard InChI is InChI=1S/C21H19N7O2/c1-15-2-3-22-19(8-15)21(30)12-20(29)18-10-16(13-27-7-6-23-26-27)9-17(11-18)14-28-24-4-5-25-28/h2-11H,12-14H2,1H3. The molecule has 0 saturated carbocycles. The van der Waals surface area contributed by atoms with Crippen molar-refractivity contribution in [1.82, 2.24) is 35.0 Å². The van der Waals surface area contributed by atoms with Gasteiger partial charge in [-0.05, 0) is 47.9 Å². The van der Waals surface area contributed by atoms with Gasteiger partial charge in [0.2, 0.25) is 0 Å². The van der Waals surface area contributed by atoms with E-state index in [9.17, 15) is 9.59 Å². The number of hydrogen-bond donors (Lipinski definition) is 0. The van der Waals surface area contributed by atoms with Crippen LogP contribution in [0.2, 0.25) is 0 Å². The van der Waals surface area contributed by atoms with E-state index in [1.54, 1.807) is 53.9 Å². The van der Waals surface area contributed by atoms with Crippen LogP contribution in [0.3, 0.4) is 0 Å². The Morgan fingerprint density at radius 3 is 2.37 bits per heavy atom. The Morgan fingerprint density at radius 1 is 0.900 bits per heavy atom. The zero-order valence-electron chi connectivity index (χ0n) is 16.3. The minimum atomic E-state index is -0.305. The molecule has 0 radical (unpaired) electrons. The maximum atomic E-state index is 12.9. The van der Waals surface area contributed by atoms with Gasteiger partial charge in [0.1, 0.15) is 5.69 Å². The smallest absolute Gasteiger partial charge is 0.188 e. The predicted molar refractivity (Wildman–Crippen MR) is 107 cm³/mol. The van der Waals surface area contributed by atoms with E-state index in [1.807, 2.05) is 19.1 Å². The summed E-state index contributed by atoms with van der Waals surface area (Å²) in [6.07, 6.45) is 7.86. The lowest BCUT2D eigenvalue weighted by Crippen LogP contribution is -2.12. The molecule has 0 aliphatic heterocycles. The number of carbonyl (C=O) groups is 2. The van der Waals surface area contributed by atoms with Crippen LogP contribution < -0.4 is 0 Å². The first-order chi connectivity index (χ1) is 14.6. The van der Waals surface area contributed by atoms with E-state index in [-0.39, 0.29) is 18.0 Å². The number of aryl methyl sites for hydroxylation is 1. The number of ketones is 2. The van der Waals surface area contributed by atoms with Gasteiger partial charge in [0, 0.05) is 18.0 Å². The maximum Gasteiger partial charge on any atom is 0.188 e. The van der Waals surface area contributed by atoms with Crippen LogP contribution >= 0.6 is 0 Å². The van der Waals surface area contributed by atoms with Gasteiger partial charge in [-0.1, -0.05) is 11.3 Å². The molecule has 9 heteroatoms. The minimum absolute atomic E-state index is 0.247. The number of carbonyl (C=O) groups excluding carboxylic acids is 2. The summed E-state index contributed by atoms with van der Waals surface area (Å²) in [5, 5.41) is 16.0. The lowest BCUT2D eigenvalue weighted by molar-refractivity contribution is 0.0891. The highest BCUT2D eigenvalue weighted by Gasteiger charge is 2.17. The van der Waals surface area contributed by atoms with E-state index < -0.39 is 0 Å². The lowest BCUT2D eigenvalue weighted by Gasteiger charge is -2.10. The highest BCUT2D eigenvalue weighted by molar-refractivity contribution is 6.13. The highest BCUT2D eigenvalue weighted by atomic mass is 16.1. The van der Waals surface area contributed by atoms with Crippen LogP contribution in [0.1, 0.15) is 44.0 Å². The summed E-state index contributed by atoms with van der Waals surface area (Å²) in [5.74, 6) is -0.570. The first-order valence-electron chi connectivity index (χ1n) is 9.37. The number of hydrogen-bond acceptors (Lipinski definition) is 7. The molecule has 0 saturated heterocycles. The van der Waals surface area contributed by atoms with Crippen LogP contribution in [0.5, 0.6) is 0 Å². The van der Waals surface area contributed by atoms with Gasteiger partial charge >= 0.3 is 0 Å². The Morgan fingerprint density at radius 2 is 1.67 bits per heavy atom. The van der Waals surface area contributed by atoms with Crippen molar-refractivity contribution in [3.8, 4) is 0 Å². The van der Waals surface area contributed by atoms with E-state index in [2.05, 4.69) is 25.5 Å². The van der Waals surface area contributed by atoms with E-state index in [4.69, 9.17) is 0 Å². The molecule has 30 heavy (non-hydrogen) atoms. The number of aromatic nitrogens is 7. The van der Waals surface area contributed by atoms with Crippen molar-refractivity contribution in [2.75, 3.05) is 0 Å². The fraction of sp³-hybridized carbons (Fsp3) is 0.190. The second-order valence-electron chi connectivity index (χ2n) is 6.94. The first kappa shape index (κ1) is 19.3. The quantitative estimate of drug-likeness (QED) is 0.329. The topological polar surface area (TPSA) is 108 Å². The van der Waals surface area contributed by atoms with Gasteiger partial charge in [-0.3, -0.25) is 14.6 Å². The molecule has 0 amide bonds. The second kappa shape index (κ2) is 8.56. The second-order valence-corrected chi connectivity index (χ2v) is 6.94. The fourth-order valence-corrected chi connectivity index (χ4v) is 3.13. The predicted octanol–water partition coefficient (Wildman–Crippen LogP) is 2.13. The third-order valence-corrected chi connectivity index (χ3v) is 4.50. The molecule has 9 nitrogen and oxygen atoms in total. The van der Waals surface area contributed by atoms with Crippen molar-refractivity contribution >= 4 is 11.6 Å². The number of nitrogens with zero attached hydrogens (tertiary/aromatic N) is 7. The molecule has 4 aromatic rings. The first-order valence-corrected chi connectivity index (χ1v) is 9.37. The van der Waals surface area contributed by atoms with Crippen LogP contribution in [0, 0.1) is 6.92 Å². The lowest BCUT2D eigenvalue weighted by atomic mass is 9.99. The molecule has 0 aliphatic carbocycles. The SMILES string of the molecule is Cc1ccnc(C(=O)CC(=O)c2cc(Cn3ccnn3)cc(Cn3nccn3)c2)c1. The van der Waals surface area contributed by atoms with Gasteiger partial charge < -0.3 is 0 Å². The van der Waals surface area contributed by atoms with Crippen LogP contribution in [-0.2, 0) is 13.1 Å². The summed E-state index contributed by atoms with van der Waals surface area (Å²) >= 11 is 0. The average molecular weight is 401 g/mol. The van der Waals surface area contributed by atoms with Crippen molar-refractivity contribution in [3.05, 3.63) is 89.3 Å². The van der Waals surface area contributed by atoms with Gasteiger partial charge in [-0.2, -0.15) is 15.0 Å². The molecule has 3 heterocycles. The molecule has 4 rings (SSSR count). The number of Topliss-reactive ketones (excluding diaryl/α,β-unsaturated/α-hetero) is 2. The molecular weight excluding hydrogens is 382 g/mol. The summed E-state index contributed by atoms with van der Waals surface area (Å²) < 4.78 is 1.67. The molecule has 150 valence electrons. The van der Waals surface area contributed by atoms with Crippen molar-refractivity contribution < 1.29 is 9.59 Å². The molecule has 0 N–H and O–H groups in total. The van der Waals surface area contributed by atoms with E-state index in [0.29, 0.717) is 24.3 Å². The zero-order chi connectivity index (χ0) is 20.9. The minimum Gasteiger partial charge on any atom is -0.294 e. The molecule has 1 aromatic carbocycles. The van der Waals surface area contributed by atoms with Crippen LogP contribution in [0.25, 0.3) is 0 Å². The zero-order valence-corrected chi connectivity index (χ0v) is 16.3. The summed E-state index contributed by atoms with van der Waals surface area (Å²) in [6.45, 7) is 2.74.